The fourth-order valence-electron chi connectivity index (χ4n) is 3.24. The molecule has 0 radical (unpaired) electrons. The fourth-order valence-corrected chi connectivity index (χ4v) is 3.24. The van der Waals surface area contributed by atoms with Gasteiger partial charge in [-0.15, -0.1) is 12.4 Å². The lowest BCUT2D eigenvalue weighted by molar-refractivity contribution is 0.0933. The lowest BCUT2D eigenvalue weighted by Gasteiger charge is -2.22. The van der Waals surface area contributed by atoms with Gasteiger partial charge in [0.2, 0.25) is 0 Å². The summed E-state index contributed by atoms with van der Waals surface area (Å²) in [6.07, 6.45) is 5.00. The van der Waals surface area contributed by atoms with E-state index in [9.17, 15) is 4.79 Å². The molecule has 25 heavy (non-hydrogen) atoms. The SMILES string of the molecule is Cc1ccccc1CC(C)NC(=O)c1ccn(C2CCCNC2)n1.Cl. The summed E-state index contributed by atoms with van der Waals surface area (Å²) in [5.74, 6) is -0.0985. The molecule has 2 atom stereocenters. The third-order valence-electron chi connectivity index (χ3n) is 4.65. The molecule has 2 heterocycles. The van der Waals surface area contributed by atoms with Gasteiger partial charge in [-0.1, -0.05) is 24.3 Å². The fraction of sp³-hybridized carbons (Fsp3) is 0.474. The molecule has 136 valence electrons. The molecule has 2 unspecified atom stereocenters. The van der Waals surface area contributed by atoms with Crippen LogP contribution in [0.2, 0.25) is 0 Å². The van der Waals surface area contributed by atoms with Crippen LogP contribution in [-0.4, -0.2) is 34.8 Å². The zero-order chi connectivity index (χ0) is 16.9. The van der Waals surface area contributed by atoms with Crippen molar-refractivity contribution in [1.29, 1.82) is 0 Å². The molecule has 2 aromatic rings. The standard InChI is InChI=1S/C19H26N4O.ClH/c1-14-6-3-4-7-16(14)12-15(2)21-19(24)18-9-11-23(22-18)17-8-5-10-20-13-17;/h3-4,6-7,9,11,15,17,20H,5,8,10,12-13H2,1-2H3,(H,21,24);1H. The van der Waals surface area contributed by atoms with Gasteiger partial charge in [-0.25, -0.2) is 0 Å². The average Bonchev–Trinajstić information content (AvgIpc) is 3.08. The maximum atomic E-state index is 12.4. The Kier molecular flexibility index (Phi) is 7.02. The molecule has 0 saturated carbocycles. The number of benzene rings is 1. The molecule has 1 amide bonds. The van der Waals surface area contributed by atoms with Gasteiger partial charge in [0.15, 0.2) is 0 Å². The highest BCUT2D eigenvalue weighted by atomic mass is 35.5. The van der Waals surface area contributed by atoms with Gasteiger partial charge in [-0.3, -0.25) is 9.48 Å². The Hall–Kier alpha value is -1.85. The van der Waals surface area contributed by atoms with Crippen LogP contribution in [-0.2, 0) is 6.42 Å². The van der Waals surface area contributed by atoms with Crippen molar-refractivity contribution in [2.75, 3.05) is 13.1 Å². The zero-order valence-electron chi connectivity index (χ0n) is 14.9. The summed E-state index contributed by atoms with van der Waals surface area (Å²) in [5, 5.41) is 10.9. The molecule has 6 heteroatoms. The van der Waals surface area contributed by atoms with Crippen LogP contribution >= 0.6 is 12.4 Å². The first kappa shape index (κ1) is 19.5. The molecule has 1 aliphatic rings. The number of aromatic nitrogens is 2. The molecule has 0 spiro atoms. The Balaban J connectivity index is 0.00000225. The lowest BCUT2D eigenvalue weighted by atomic mass is 10.0. The minimum Gasteiger partial charge on any atom is -0.348 e. The number of rotatable bonds is 5. The van der Waals surface area contributed by atoms with Crippen LogP contribution in [0.1, 0.15) is 47.4 Å². The van der Waals surface area contributed by atoms with Gasteiger partial charge in [0.25, 0.3) is 5.91 Å². The van der Waals surface area contributed by atoms with E-state index in [2.05, 4.69) is 34.8 Å². The van der Waals surface area contributed by atoms with Crippen molar-refractivity contribution in [2.45, 2.75) is 45.2 Å². The lowest BCUT2D eigenvalue weighted by Crippen LogP contribution is -2.35. The van der Waals surface area contributed by atoms with Crippen LogP contribution in [0.3, 0.4) is 0 Å². The number of amides is 1. The molecule has 1 saturated heterocycles. The molecule has 3 rings (SSSR count). The Morgan fingerprint density at radius 3 is 2.92 bits per heavy atom. The van der Waals surface area contributed by atoms with Crippen LogP contribution in [0.4, 0.5) is 0 Å². The number of nitrogens with zero attached hydrogens (tertiary/aromatic N) is 2. The molecule has 1 fully saturated rings. The maximum Gasteiger partial charge on any atom is 0.271 e. The summed E-state index contributed by atoms with van der Waals surface area (Å²) in [4.78, 5) is 12.4. The minimum atomic E-state index is -0.0985. The summed E-state index contributed by atoms with van der Waals surface area (Å²) in [6.45, 7) is 6.13. The highest BCUT2D eigenvalue weighted by Gasteiger charge is 2.18. The second-order valence-electron chi connectivity index (χ2n) is 6.69. The third-order valence-corrected chi connectivity index (χ3v) is 4.65. The molecular formula is C19H27ClN4O. The highest BCUT2D eigenvalue weighted by Crippen LogP contribution is 2.16. The normalized spacial score (nSPS) is 18.2. The van der Waals surface area contributed by atoms with Crippen molar-refractivity contribution in [3.8, 4) is 0 Å². The second kappa shape index (κ2) is 9.02. The highest BCUT2D eigenvalue weighted by molar-refractivity contribution is 5.92. The molecule has 2 N–H and O–H groups in total. The van der Waals surface area contributed by atoms with Gasteiger partial charge in [0.1, 0.15) is 5.69 Å². The molecule has 1 aromatic carbocycles. The van der Waals surface area contributed by atoms with Gasteiger partial charge in [-0.2, -0.15) is 5.10 Å². The molecule has 0 aliphatic carbocycles. The largest absolute Gasteiger partial charge is 0.348 e. The first-order valence-corrected chi connectivity index (χ1v) is 8.74. The summed E-state index contributed by atoms with van der Waals surface area (Å²) in [6, 6.07) is 10.5. The Labute approximate surface area is 155 Å². The van der Waals surface area contributed by atoms with Gasteiger partial charge >= 0.3 is 0 Å². The number of carbonyl (C=O) groups is 1. The van der Waals surface area contributed by atoms with Crippen LogP contribution in [0.25, 0.3) is 0 Å². The summed E-state index contributed by atoms with van der Waals surface area (Å²) in [5.41, 5.74) is 3.02. The summed E-state index contributed by atoms with van der Waals surface area (Å²) in [7, 11) is 0. The third kappa shape index (κ3) is 5.06. The molecule has 5 nitrogen and oxygen atoms in total. The molecule has 0 bridgehead atoms. The quantitative estimate of drug-likeness (QED) is 0.859. The van der Waals surface area contributed by atoms with Crippen molar-refractivity contribution in [2.24, 2.45) is 0 Å². The van der Waals surface area contributed by atoms with Gasteiger partial charge in [0, 0.05) is 18.8 Å². The topological polar surface area (TPSA) is 59.0 Å². The van der Waals surface area contributed by atoms with Crippen LogP contribution in [0, 0.1) is 6.92 Å². The number of hydrogen-bond donors (Lipinski definition) is 2. The van der Waals surface area contributed by atoms with E-state index < -0.39 is 0 Å². The van der Waals surface area contributed by atoms with Crippen LogP contribution in [0.5, 0.6) is 0 Å². The van der Waals surface area contributed by atoms with Gasteiger partial charge in [0.05, 0.1) is 6.04 Å². The summed E-state index contributed by atoms with van der Waals surface area (Å²) >= 11 is 0. The zero-order valence-corrected chi connectivity index (χ0v) is 15.7. The van der Waals surface area contributed by atoms with Crippen molar-refractivity contribution in [1.82, 2.24) is 20.4 Å². The van der Waals surface area contributed by atoms with E-state index in [1.807, 2.05) is 36.0 Å². The van der Waals surface area contributed by atoms with E-state index in [-0.39, 0.29) is 24.4 Å². The number of halogens is 1. The first-order chi connectivity index (χ1) is 11.6. The van der Waals surface area contributed by atoms with Crippen molar-refractivity contribution in [3.05, 3.63) is 53.3 Å². The Morgan fingerprint density at radius 2 is 2.20 bits per heavy atom. The number of hydrogen-bond acceptors (Lipinski definition) is 3. The molecular weight excluding hydrogens is 336 g/mol. The monoisotopic (exact) mass is 362 g/mol. The Bertz CT molecular complexity index is 694. The van der Waals surface area contributed by atoms with Crippen LogP contribution < -0.4 is 10.6 Å². The smallest absolute Gasteiger partial charge is 0.271 e. The van der Waals surface area contributed by atoms with E-state index in [1.54, 1.807) is 0 Å². The summed E-state index contributed by atoms with van der Waals surface area (Å²) < 4.78 is 1.92. The second-order valence-corrected chi connectivity index (χ2v) is 6.69. The van der Waals surface area contributed by atoms with Crippen molar-refractivity contribution < 1.29 is 4.79 Å². The Morgan fingerprint density at radius 1 is 1.40 bits per heavy atom. The predicted octanol–water partition coefficient (Wildman–Crippen LogP) is 2.90. The molecule has 1 aliphatic heterocycles. The van der Waals surface area contributed by atoms with E-state index in [4.69, 9.17) is 0 Å². The van der Waals surface area contributed by atoms with E-state index >= 15 is 0 Å². The number of nitrogens with one attached hydrogen (secondary N) is 2. The van der Waals surface area contributed by atoms with E-state index in [0.717, 1.165) is 32.4 Å². The minimum absolute atomic E-state index is 0. The van der Waals surface area contributed by atoms with Crippen molar-refractivity contribution >= 4 is 18.3 Å². The van der Waals surface area contributed by atoms with Crippen molar-refractivity contribution in [3.63, 3.8) is 0 Å². The predicted molar refractivity (Wildman–Crippen MR) is 102 cm³/mol. The van der Waals surface area contributed by atoms with Crippen LogP contribution in [0.15, 0.2) is 36.5 Å². The number of piperidine rings is 1. The average molecular weight is 363 g/mol. The number of aryl methyl sites for hydroxylation is 1. The van der Waals surface area contributed by atoms with E-state index in [1.165, 1.54) is 11.1 Å². The van der Waals surface area contributed by atoms with Gasteiger partial charge in [-0.05, 0) is 56.8 Å². The molecule has 1 aromatic heterocycles. The maximum absolute atomic E-state index is 12.4. The first-order valence-electron chi connectivity index (χ1n) is 8.74. The van der Waals surface area contributed by atoms with E-state index in [0.29, 0.717) is 11.7 Å². The number of carbonyl (C=O) groups excluding carboxylic acids is 1. The van der Waals surface area contributed by atoms with Gasteiger partial charge < -0.3 is 10.6 Å².